The van der Waals surface area contributed by atoms with Crippen LogP contribution in [0.3, 0.4) is 0 Å². The zero-order chi connectivity index (χ0) is 20.1. The summed E-state index contributed by atoms with van der Waals surface area (Å²) in [7, 11) is 11.5. The fourth-order valence-electron chi connectivity index (χ4n) is 0.836. The summed E-state index contributed by atoms with van der Waals surface area (Å²) in [4.78, 5) is 0. The molecule has 24 heavy (non-hydrogen) atoms. The summed E-state index contributed by atoms with van der Waals surface area (Å²) >= 11 is 8.03. The van der Waals surface area contributed by atoms with Gasteiger partial charge in [0.25, 0.3) is 0 Å². The van der Waals surface area contributed by atoms with E-state index in [0.717, 1.165) is 52.1 Å². The zero-order valence-electron chi connectivity index (χ0n) is 16.9. The molecule has 0 spiro atoms. The van der Waals surface area contributed by atoms with Crippen molar-refractivity contribution in [2.45, 2.75) is 51.0 Å². The highest BCUT2D eigenvalue weighted by atomic mass is 32.2. The summed E-state index contributed by atoms with van der Waals surface area (Å²) in [6, 6.07) is 0. The number of ether oxygens (including phenoxy) is 4. The molecular formula is C16H44O4P2S2. The highest BCUT2D eigenvalue weighted by Crippen LogP contribution is 2.03. The highest BCUT2D eigenvalue weighted by Gasteiger charge is 1.90. The summed E-state index contributed by atoms with van der Waals surface area (Å²) in [6.07, 6.45) is 4.27. The fourth-order valence-corrected chi connectivity index (χ4v) is 1.05. The van der Waals surface area contributed by atoms with Gasteiger partial charge in [-0.3, -0.25) is 0 Å². The SMILES string of the molecule is CCCOC.CCCOC.CCCOC.COCCC(S)S.PP. The van der Waals surface area contributed by atoms with Gasteiger partial charge in [0.2, 0.25) is 0 Å². The van der Waals surface area contributed by atoms with Crippen molar-refractivity contribution in [2.24, 2.45) is 0 Å². The molecule has 0 aliphatic rings. The molecule has 0 bridgehead atoms. The van der Waals surface area contributed by atoms with E-state index in [1.165, 1.54) is 0 Å². The maximum absolute atomic E-state index is 4.75. The maximum Gasteiger partial charge on any atom is 0.0480 e. The predicted molar refractivity (Wildman–Crippen MR) is 124 cm³/mol. The minimum Gasteiger partial charge on any atom is -0.385 e. The normalized spacial score (nSPS) is 8.50. The van der Waals surface area contributed by atoms with E-state index in [1.54, 1.807) is 28.4 Å². The van der Waals surface area contributed by atoms with E-state index in [2.05, 4.69) is 63.9 Å². The van der Waals surface area contributed by atoms with Gasteiger partial charge in [-0.15, -0.1) is 17.9 Å². The van der Waals surface area contributed by atoms with Crippen molar-refractivity contribution in [1.29, 1.82) is 0 Å². The molecule has 0 aliphatic carbocycles. The molecule has 154 valence electrons. The third-order valence-electron chi connectivity index (χ3n) is 1.80. The quantitative estimate of drug-likeness (QED) is 0.309. The van der Waals surface area contributed by atoms with Crippen molar-refractivity contribution >= 4 is 43.1 Å². The van der Waals surface area contributed by atoms with Gasteiger partial charge >= 0.3 is 0 Å². The summed E-state index contributed by atoms with van der Waals surface area (Å²) < 4.78 is 19.0. The second kappa shape index (κ2) is 49.7. The van der Waals surface area contributed by atoms with E-state index in [1.807, 2.05) is 0 Å². The van der Waals surface area contributed by atoms with Crippen molar-refractivity contribution in [3.05, 3.63) is 0 Å². The van der Waals surface area contributed by atoms with Crippen LogP contribution >= 0.6 is 43.1 Å². The fraction of sp³-hybridized carbons (Fsp3) is 1.00. The zero-order valence-corrected chi connectivity index (χ0v) is 21.0. The van der Waals surface area contributed by atoms with Crippen LogP contribution in [0.5, 0.6) is 0 Å². The van der Waals surface area contributed by atoms with Crippen LogP contribution in [0.1, 0.15) is 46.5 Å². The van der Waals surface area contributed by atoms with E-state index in [-0.39, 0.29) is 4.58 Å². The average molecular weight is 427 g/mol. The molecule has 0 saturated heterocycles. The van der Waals surface area contributed by atoms with Gasteiger partial charge in [-0.05, 0) is 25.7 Å². The second-order valence-corrected chi connectivity index (χ2v) is 5.89. The van der Waals surface area contributed by atoms with Gasteiger partial charge in [-0.25, -0.2) is 0 Å². The molecule has 0 aliphatic heterocycles. The Bertz CT molecular complexity index is 129. The van der Waals surface area contributed by atoms with Crippen LogP contribution in [0.15, 0.2) is 0 Å². The molecule has 0 aromatic rings. The molecule has 0 rings (SSSR count). The standard InChI is InChI=1S/C4H10OS2.3C4H10O.H4P2/c1-5-3-2-4(6)7;3*1-3-4-5-2;1-2/h4,6-7H,2-3H2,1H3;3*3-4H2,1-2H3;1-2H2. The molecule has 0 aromatic heterocycles. The summed E-state index contributed by atoms with van der Waals surface area (Å²) in [6.45, 7) is 9.67. The Hall–Kier alpha value is 1.40. The molecule has 0 fully saturated rings. The van der Waals surface area contributed by atoms with Gasteiger partial charge < -0.3 is 18.9 Å². The Labute approximate surface area is 168 Å². The maximum atomic E-state index is 4.75. The van der Waals surface area contributed by atoms with Gasteiger partial charge in [0.05, 0.1) is 0 Å². The second-order valence-electron chi connectivity index (χ2n) is 4.24. The Kier molecular flexibility index (Phi) is 75.2. The van der Waals surface area contributed by atoms with Gasteiger partial charge in [0.1, 0.15) is 0 Å². The Morgan fingerprint density at radius 1 is 0.625 bits per heavy atom. The predicted octanol–water partition coefficient (Wildman–Crippen LogP) is 4.99. The largest absolute Gasteiger partial charge is 0.385 e. The van der Waals surface area contributed by atoms with E-state index in [0.29, 0.717) is 0 Å². The highest BCUT2D eigenvalue weighted by molar-refractivity contribution is 7.99. The monoisotopic (exact) mass is 426 g/mol. The topological polar surface area (TPSA) is 36.9 Å². The number of hydrogen-bond donors (Lipinski definition) is 2. The number of hydrogen-bond acceptors (Lipinski definition) is 6. The average Bonchev–Trinajstić information content (AvgIpc) is 2.59. The first-order chi connectivity index (χ1) is 11.5. The van der Waals surface area contributed by atoms with Crippen LogP contribution < -0.4 is 0 Å². The van der Waals surface area contributed by atoms with Crippen LogP contribution in [0.25, 0.3) is 0 Å². The summed E-state index contributed by atoms with van der Waals surface area (Å²) in [5.41, 5.74) is 0. The first-order valence-corrected chi connectivity index (χ1v) is 11.9. The van der Waals surface area contributed by atoms with E-state index in [9.17, 15) is 0 Å². The molecule has 0 aromatic carbocycles. The lowest BCUT2D eigenvalue weighted by Crippen LogP contribution is -1.94. The Morgan fingerprint density at radius 2 is 0.875 bits per heavy atom. The van der Waals surface area contributed by atoms with Gasteiger partial charge in [0.15, 0.2) is 0 Å². The third-order valence-corrected chi connectivity index (χ3v) is 2.32. The molecule has 0 amide bonds. The van der Waals surface area contributed by atoms with Crippen LogP contribution in [0.2, 0.25) is 0 Å². The molecular weight excluding hydrogens is 382 g/mol. The first-order valence-electron chi connectivity index (χ1n) is 8.17. The minimum atomic E-state index is 0.167. The number of rotatable bonds is 9. The van der Waals surface area contributed by atoms with Crippen LogP contribution in [-0.2, 0) is 18.9 Å². The van der Waals surface area contributed by atoms with Crippen molar-refractivity contribution in [2.75, 3.05) is 54.9 Å². The van der Waals surface area contributed by atoms with E-state index in [4.69, 9.17) is 18.9 Å². The van der Waals surface area contributed by atoms with Crippen LogP contribution in [-0.4, -0.2) is 59.4 Å². The first kappa shape index (κ1) is 36.3. The lowest BCUT2D eigenvalue weighted by Gasteiger charge is -1.98. The third kappa shape index (κ3) is 90.3. The molecule has 0 heterocycles. The number of methoxy groups -OCH3 is 4. The molecule has 0 N–H and O–H groups in total. The van der Waals surface area contributed by atoms with E-state index < -0.39 is 0 Å². The van der Waals surface area contributed by atoms with Gasteiger partial charge in [-0.2, -0.15) is 25.3 Å². The molecule has 8 heteroatoms. The van der Waals surface area contributed by atoms with Crippen molar-refractivity contribution < 1.29 is 18.9 Å². The Balaban J connectivity index is -0.0000000652. The van der Waals surface area contributed by atoms with Gasteiger partial charge in [-0.1, -0.05) is 20.8 Å². The van der Waals surface area contributed by atoms with Crippen molar-refractivity contribution in [3.8, 4) is 0 Å². The van der Waals surface area contributed by atoms with Crippen LogP contribution in [0.4, 0.5) is 0 Å². The summed E-state index contributed by atoms with van der Waals surface area (Å²) in [5.74, 6) is 0. The lowest BCUT2D eigenvalue weighted by molar-refractivity contribution is 0.199. The molecule has 2 atom stereocenters. The Morgan fingerprint density at radius 3 is 0.917 bits per heavy atom. The summed E-state index contributed by atoms with van der Waals surface area (Å²) in [5, 5.41) is 0. The van der Waals surface area contributed by atoms with Crippen LogP contribution in [0, 0.1) is 0 Å². The smallest absolute Gasteiger partial charge is 0.0480 e. The van der Waals surface area contributed by atoms with Gasteiger partial charge in [0, 0.05) is 59.4 Å². The number of thiol groups is 2. The lowest BCUT2D eigenvalue weighted by atomic mass is 10.5. The molecule has 0 radical (unpaired) electrons. The van der Waals surface area contributed by atoms with Crippen molar-refractivity contribution in [3.63, 3.8) is 0 Å². The molecule has 4 nitrogen and oxygen atoms in total. The molecule has 2 unspecified atom stereocenters. The minimum absolute atomic E-state index is 0.167. The molecule has 0 saturated carbocycles. The van der Waals surface area contributed by atoms with Crippen molar-refractivity contribution in [1.82, 2.24) is 0 Å². The van der Waals surface area contributed by atoms with E-state index >= 15 is 0 Å².